The number of benzene rings is 1. The highest BCUT2D eigenvalue weighted by atomic mass is 35.6. The third-order valence-corrected chi connectivity index (χ3v) is 4.24. The van der Waals surface area contributed by atoms with E-state index in [0.29, 0.717) is 22.6 Å². The Labute approximate surface area is 164 Å². The lowest BCUT2D eigenvalue weighted by Crippen LogP contribution is -2.64. The molecule has 0 aliphatic carbocycles. The number of aliphatic hydroxyl groups is 1. The number of rotatable bonds is 5. The van der Waals surface area contributed by atoms with Gasteiger partial charge in [-0.05, 0) is 11.1 Å². The van der Waals surface area contributed by atoms with E-state index in [9.17, 15) is 19.5 Å². The van der Waals surface area contributed by atoms with Crippen LogP contribution < -0.4 is 16.4 Å². The predicted octanol–water partition coefficient (Wildman–Crippen LogP) is 0.413. The Morgan fingerprint density at radius 1 is 1.23 bits per heavy atom. The number of nitrogens with one attached hydrogen (secondary N) is 2. The molecule has 2 rings (SSSR count). The molecule has 1 aliphatic rings. The molecule has 8 nitrogen and oxygen atoms in total. The van der Waals surface area contributed by atoms with Crippen molar-refractivity contribution < 1.29 is 19.5 Å². The van der Waals surface area contributed by atoms with Crippen molar-refractivity contribution in [3.8, 4) is 0 Å². The summed E-state index contributed by atoms with van der Waals surface area (Å²) in [5, 5.41) is 14.8. The largest absolute Gasteiger partial charge is 0.376 e. The molecule has 0 spiro atoms. The second-order valence-electron chi connectivity index (χ2n) is 5.75. The molecule has 1 fully saturated rings. The van der Waals surface area contributed by atoms with Gasteiger partial charge in [-0.15, -0.1) is 0 Å². The second-order valence-corrected chi connectivity index (χ2v) is 8.03. The monoisotopic (exact) mass is 422 g/mol. The fraction of sp³-hybridized carbons (Fsp3) is 0.400. The molecular weight excluding hydrogens is 407 g/mol. The number of nitrogens with two attached hydrogens (primary N) is 1. The quantitative estimate of drug-likeness (QED) is 0.511. The number of alkyl halides is 3. The normalized spacial score (nSPS) is 19.4. The Morgan fingerprint density at radius 3 is 2.23 bits per heavy atom. The molecule has 0 radical (unpaired) electrons. The molecule has 2 atom stereocenters. The molecule has 11 heteroatoms. The van der Waals surface area contributed by atoms with E-state index in [2.05, 4.69) is 10.6 Å². The Hall–Kier alpha value is -1.58. The van der Waals surface area contributed by atoms with Gasteiger partial charge in [-0.3, -0.25) is 19.8 Å². The maximum atomic E-state index is 11.9. The van der Waals surface area contributed by atoms with E-state index in [1.807, 2.05) is 0 Å². The zero-order valence-corrected chi connectivity index (χ0v) is 15.7. The summed E-state index contributed by atoms with van der Waals surface area (Å²) >= 11 is 16.5. The summed E-state index contributed by atoms with van der Waals surface area (Å²) in [5.41, 5.74) is 6.44. The number of nitrogens with zero attached hydrogens (tertiary/aromatic N) is 1. The van der Waals surface area contributed by atoms with Crippen molar-refractivity contribution in [1.82, 2.24) is 15.5 Å². The van der Waals surface area contributed by atoms with Crippen LogP contribution in [0.3, 0.4) is 0 Å². The highest BCUT2D eigenvalue weighted by Crippen LogP contribution is 2.29. The fourth-order valence-corrected chi connectivity index (χ4v) is 2.57. The van der Waals surface area contributed by atoms with E-state index in [-0.39, 0.29) is 24.9 Å². The van der Waals surface area contributed by atoms with Gasteiger partial charge in [0.15, 0.2) is 0 Å². The lowest BCUT2D eigenvalue weighted by molar-refractivity contribution is -0.127. The average molecular weight is 424 g/mol. The van der Waals surface area contributed by atoms with Crippen LogP contribution in [0.5, 0.6) is 0 Å². The van der Waals surface area contributed by atoms with Crippen LogP contribution >= 0.6 is 34.8 Å². The summed E-state index contributed by atoms with van der Waals surface area (Å²) < 4.78 is -2.30. The number of carbonyl (C=O) groups excluding carboxylic acids is 3. The van der Waals surface area contributed by atoms with Gasteiger partial charge in [-0.2, -0.15) is 0 Å². The van der Waals surface area contributed by atoms with Gasteiger partial charge in [-0.1, -0.05) is 59.1 Å². The van der Waals surface area contributed by atoms with Gasteiger partial charge in [0.2, 0.25) is 5.91 Å². The van der Waals surface area contributed by atoms with Gasteiger partial charge in [0.1, 0.15) is 6.23 Å². The van der Waals surface area contributed by atoms with Crippen LogP contribution in [0.15, 0.2) is 24.3 Å². The Kier molecular flexibility index (Phi) is 6.70. The predicted molar refractivity (Wildman–Crippen MR) is 96.5 cm³/mol. The molecule has 1 saturated heterocycles. The number of halogens is 3. The Balaban J connectivity index is 1.96. The van der Waals surface area contributed by atoms with E-state index >= 15 is 0 Å². The molecule has 142 valence electrons. The highest BCUT2D eigenvalue weighted by Gasteiger charge is 2.37. The first-order chi connectivity index (χ1) is 12.1. The minimum Gasteiger partial charge on any atom is -0.376 e. The van der Waals surface area contributed by atoms with Crippen LogP contribution in [0.4, 0.5) is 4.79 Å². The van der Waals surface area contributed by atoms with E-state index in [1.165, 1.54) is 0 Å². The summed E-state index contributed by atoms with van der Waals surface area (Å²) in [6.45, 7) is 0.348. The summed E-state index contributed by atoms with van der Waals surface area (Å²) in [5.74, 6) is -1.28. The van der Waals surface area contributed by atoms with Crippen LogP contribution in [0.1, 0.15) is 11.1 Å². The third kappa shape index (κ3) is 5.46. The number of carbonyl (C=O) groups is 3. The molecule has 1 aromatic carbocycles. The minimum atomic E-state index is -2.30. The van der Waals surface area contributed by atoms with Crippen molar-refractivity contribution in [2.24, 2.45) is 5.73 Å². The van der Waals surface area contributed by atoms with Crippen LogP contribution in [0.25, 0.3) is 0 Å². The molecule has 0 saturated carbocycles. The van der Waals surface area contributed by atoms with E-state index < -0.39 is 22.0 Å². The number of primary amides is 1. The SMILES string of the molecule is NC(=O)N(Cc1ccc(CC(=O)NC2CNC2O)cc1)C(=O)C(Cl)(Cl)Cl. The smallest absolute Gasteiger partial charge is 0.321 e. The number of imide groups is 1. The zero-order valence-electron chi connectivity index (χ0n) is 13.4. The van der Waals surface area contributed by atoms with Gasteiger partial charge in [0.25, 0.3) is 9.70 Å². The van der Waals surface area contributed by atoms with Gasteiger partial charge in [0, 0.05) is 6.54 Å². The standard InChI is InChI=1S/C15H17Cl3N4O4/c16-15(17,18)13(25)22(14(19)26)7-9-3-1-8(2-4-9)5-11(23)21-10-6-20-12(10)24/h1-4,10,12,20,24H,5-7H2,(H2,19,26)(H,21,23). The lowest BCUT2D eigenvalue weighted by atomic mass is 10.1. The van der Waals surface area contributed by atoms with Crippen molar-refractivity contribution >= 4 is 52.6 Å². The van der Waals surface area contributed by atoms with Crippen LogP contribution in [-0.2, 0) is 22.6 Å². The van der Waals surface area contributed by atoms with Gasteiger partial charge in [0.05, 0.1) is 19.0 Å². The lowest BCUT2D eigenvalue weighted by Gasteiger charge is -2.34. The van der Waals surface area contributed by atoms with E-state index in [1.54, 1.807) is 24.3 Å². The first-order valence-corrected chi connectivity index (χ1v) is 8.68. The molecule has 0 aromatic heterocycles. The molecule has 1 aliphatic heterocycles. The first kappa shape index (κ1) is 20.7. The number of hydrogen-bond donors (Lipinski definition) is 4. The number of aliphatic hydroxyl groups excluding tert-OH is 1. The summed E-state index contributed by atoms with van der Waals surface area (Å²) in [7, 11) is 0. The number of hydrogen-bond acceptors (Lipinski definition) is 5. The third-order valence-electron chi connectivity index (χ3n) is 3.76. The van der Waals surface area contributed by atoms with Crippen LogP contribution in [0, 0.1) is 0 Å². The maximum absolute atomic E-state index is 11.9. The van der Waals surface area contributed by atoms with Crippen molar-refractivity contribution in [3.05, 3.63) is 35.4 Å². The topological polar surface area (TPSA) is 125 Å². The van der Waals surface area contributed by atoms with Gasteiger partial charge < -0.3 is 16.2 Å². The zero-order chi connectivity index (χ0) is 19.5. The number of amides is 4. The minimum absolute atomic E-state index is 0.121. The fourth-order valence-electron chi connectivity index (χ4n) is 2.26. The summed E-state index contributed by atoms with van der Waals surface area (Å²) in [4.78, 5) is 35.9. The van der Waals surface area contributed by atoms with Gasteiger partial charge in [-0.25, -0.2) is 4.79 Å². The van der Waals surface area contributed by atoms with Crippen molar-refractivity contribution in [2.45, 2.75) is 29.0 Å². The average Bonchev–Trinajstić information content (AvgIpc) is 2.56. The van der Waals surface area contributed by atoms with Crippen LogP contribution in [-0.4, -0.2) is 50.5 Å². The molecule has 0 bridgehead atoms. The molecular formula is C15H17Cl3N4O4. The van der Waals surface area contributed by atoms with Crippen molar-refractivity contribution in [3.63, 3.8) is 0 Å². The molecule has 1 aromatic rings. The van der Waals surface area contributed by atoms with E-state index in [4.69, 9.17) is 40.5 Å². The summed E-state index contributed by atoms with van der Waals surface area (Å²) in [6, 6.07) is 5.26. The van der Waals surface area contributed by atoms with E-state index in [0.717, 1.165) is 0 Å². The number of urea groups is 1. The summed E-state index contributed by atoms with van der Waals surface area (Å²) in [6.07, 6.45) is -0.604. The van der Waals surface area contributed by atoms with Crippen molar-refractivity contribution in [1.29, 1.82) is 0 Å². The van der Waals surface area contributed by atoms with Crippen molar-refractivity contribution in [2.75, 3.05) is 6.54 Å². The Morgan fingerprint density at radius 2 is 1.81 bits per heavy atom. The second kappa shape index (κ2) is 8.41. The molecule has 26 heavy (non-hydrogen) atoms. The molecule has 2 unspecified atom stereocenters. The first-order valence-electron chi connectivity index (χ1n) is 7.54. The molecule has 4 amide bonds. The molecule has 1 heterocycles. The van der Waals surface area contributed by atoms with Gasteiger partial charge >= 0.3 is 6.03 Å². The Bertz CT molecular complexity index is 693. The van der Waals surface area contributed by atoms with Crippen LogP contribution in [0.2, 0.25) is 0 Å². The highest BCUT2D eigenvalue weighted by molar-refractivity contribution is 6.76. The molecule has 5 N–H and O–H groups in total. The maximum Gasteiger partial charge on any atom is 0.321 e.